The fourth-order valence-corrected chi connectivity index (χ4v) is 4.77. The van der Waals surface area contributed by atoms with E-state index in [1.807, 2.05) is 0 Å². The van der Waals surface area contributed by atoms with Crippen molar-refractivity contribution in [2.75, 3.05) is 45.6 Å². The lowest BCUT2D eigenvalue weighted by Crippen LogP contribution is -2.45. The first kappa shape index (κ1) is 28.4. The summed E-state index contributed by atoms with van der Waals surface area (Å²) in [6, 6.07) is 0. The van der Waals surface area contributed by atoms with Gasteiger partial charge in [-0.2, -0.15) is 0 Å². The number of carbonyl (C=O) groups excluding carboxylic acids is 3. The van der Waals surface area contributed by atoms with Crippen molar-refractivity contribution in [3.8, 4) is 0 Å². The highest BCUT2D eigenvalue weighted by atomic mass is 16.6. The van der Waals surface area contributed by atoms with Gasteiger partial charge in [0.15, 0.2) is 23.7 Å². The predicted molar refractivity (Wildman–Crippen MR) is 137 cm³/mol. The van der Waals surface area contributed by atoms with Crippen molar-refractivity contribution in [2.24, 2.45) is 5.92 Å². The summed E-state index contributed by atoms with van der Waals surface area (Å²) in [5, 5.41) is 21.9. The zero-order chi connectivity index (χ0) is 28.1. The number of likely N-dealkylation sites (tertiary alicyclic amines) is 2. The van der Waals surface area contributed by atoms with E-state index in [1.165, 1.54) is 6.33 Å². The van der Waals surface area contributed by atoms with Crippen LogP contribution in [0.5, 0.6) is 0 Å². The van der Waals surface area contributed by atoms with E-state index in [0.29, 0.717) is 68.9 Å². The fourth-order valence-electron chi connectivity index (χ4n) is 4.77. The molecule has 5 N–H and O–H groups in total. The van der Waals surface area contributed by atoms with E-state index in [-0.39, 0.29) is 24.4 Å². The van der Waals surface area contributed by atoms with Gasteiger partial charge < -0.3 is 40.5 Å². The van der Waals surface area contributed by atoms with Crippen LogP contribution in [0.4, 0.5) is 10.6 Å². The monoisotopic (exact) mass is 548 g/mol. The average molecular weight is 549 g/mol. The van der Waals surface area contributed by atoms with Crippen LogP contribution in [-0.4, -0.2) is 116 Å². The highest BCUT2D eigenvalue weighted by Gasteiger charge is 2.34. The van der Waals surface area contributed by atoms with Gasteiger partial charge in [0.1, 0.15) is 24.2 Å². The highest BCUT2D eigenvalue weighted by molar-refractivity contribution is 5.85. The van der Waals surface area contributed by atoms with Crippen molar-refractivity contribution in [2.45, 2.75) is 57.6 Å². The number of imidazole rings is 1. The third-order valence-corrected chi connectivity index (χ3v) is 7.04. The molecule has 3 amide bonds. The summed E-state index contributed by atoms with van der Waals surface area (Å²) in [4.78, 5) is 53.3. The number of hydrogen-bond acceptors (Lipinski definition) is 11. The van der Waals surface area contributed by atoms with Crippen molar-refractivity contribution in [1.82, 2.24) is 34.6 Å². The molecule has 0 bridgehead atoms. The number of aliphatic hydroxyl groups excluding tert-OH is 2. The van der Waals surface area contributed by atoms with Crippen molar-refractivity contribution >= 4 is 34.9 Å². The third-order valence-electron chi connectivity index (χ3n) is 7.04. The Labute approximate surface area is 225 Å². The van der Waals surface area contributed by atoms with E-state index in [2.05, 4.69) is 20.3 Å². The van der Waals surface area contributed by atoms with Gasteiger partial charge in [0, 0.05) is 46.1 Å². The SMILES string of the molecule is CCNC(=O)[C@@H](OCn1cnc2c(N)nc(CC3CCN(C(=O)OC4CCN(C)C4=O)CC3)nc21)C(O)CO. The van der Waals surface area contributed by atoms with Gasteiger partial charge in [0.25, 0.3) is 11.8 Å². The van der Waals surface area contributed by atoms with Crippen LogP contribution < -0.4 is 11.1 Å². The molecular weight excluding hydrogens is 512 g/mol. The average Bonchev–Trinajstić information content (AvgIpc) is 3.47. The van der Waals surface area contributed by atoms with E-state index in [1.54, 1.807) is 28.3 Å². The molecule has 15 heteroatoms. The van der Waals surface area contributed by atoms with E-state index in [9.17, 15) is 24.6 Å². The third kappa shape index (κ3) is 6.54. The Kier molecular flexibility index (Phi) is 9.14. The van der Waals surface area contributed by atoms with Gasteiger partial charge in [0.05, 0.1) is 12.9 Å². The molecule has 214 valence electrons. The number of likely N-dealkylation sites (N-methyl/N-ethyl adjacent to an activating group) is 2. The molecule has 2 aromatic rings. The second-order valence-electron chi connectivity index (χ2n) is 9.83. The molecule has 4 heterocycles. The molecule has 2 saturated heterocycles. The van der Waals surface area contributed by atoms with Crippen LogP contribution in [0.2, 0.25) is 0 Å². The summed E-state index contributed by atoms with van der Waals surface area (Å²) in [5.41, 5.74) is 6.94. The number of anilines is 1. The number of rotatable bonds is 10. The summed E-state index contributed by atoms with van der Waals surface area (Å²) >= 11 is 0. The van der Waals surface area contributed by atoms with Gasteiger partial charge in [-0.25, -0.2) is 19.7 Å². The molecule has 2 aromatic heterocycles. The number of ether oxygens (including phenoxy) is 2. The number of nitrogens with one attached hydrogen (secondary N) is 1. The number of piperidine rings is 1. The minimum atomic E-state index is -1.40. The predicted octanol–water partition coefficient (Wildman–Crippen LogP) is -1.14. The normalized spacial score (nSPS) is 19.9. The Morgan fingerprint density at radius 1 is 1.23 bits per heavy atom. The Bertz CT molecular complexity index is 1180. The van der Waals surface area contributed by atoms with Gasteiger partial charge in [-0.15, -0.1) is 0 Å². The summed E-state index contributed by atoms with van der Waals surface area (Å²) in [6.45, 7) is 2.85. The molecule has 0 radical (unpaired) electrons. The van der Waals surface area contributed by atoms with Gasteiger partial charge in [-0.05, 0) is 25.7 Å². The number of aromatic nitrogens is 4. The summed E-state index contributed by atoms with van der Waals surface area (Å²) in [5.74, 6) is 0.210. The zero-order valence-electron chi connectivity index (χ0n) is 22.2. The number of amides is 3. The van der Waals surface area contributed by atoms with E-state index in [4.69, 9.17) is 15.2 Å². The molecule has 2 fully saturated rings. The highest BCUT2D eigenvalue weighted by Crippen LogP contribution is 2.24. The van der Waals surface area contributed by atoms with Crippen LogP contribution in [0, 0.1) is 5.92 Å². The first-order valence-corrected chi connectivity index (χ1v) is 13.1. The fraction of sp³-hybridized carbons (Fsp3) is 0.667. The maximum absolute atomic E-state index is 12.5. The number of nitrogens with two attached hydrogens (primary N) is 1. The lowest BCUT2D eigenvalue weighted by Gasteiger charge is -2.31. The molecule has 2 unspecified atom stereocenters. The molecular formula is C24H36N8O7. The molecule has 0 aliphatic carbocycles. The summed E-state index contributed by atoms with van der Waals surface area (Å²) in [6.07, 6.45) is 0.0674. The maximum Gasteiger partial charge on any atom is 0.410 e. The maximum atomic E-state index is 12.5. The molecule has 0 spiro atoms. The molecule has 0 aromatic carbocycles. The number of fused-ring (bicyclic) bond motifs is 1. The van der Waals surface area contributed by atoms with Crippen molar-refractivity contribution in [3.63, 3.8) is 0 Å². The Morgan fingerprint density at radius 2 is 1.97 bits per heavy atom. The number of nitrogen functional groups attached to an aromatic ring is 1. The van der Waals surface area contributed by atoms with E-state index >= 15 is 0 Å². The molecule has 0 saturated carbocycles. The van der Waals surface area contributed by atoms with Crippen LogP contribution in [0.3, 0.4) is 0 Å². The smallest absolute Gasteiger partial charge is 0.410 e. The summed E-state index contributed by atoms with van der Waals surface area (Å²) in [7, 11) is 1.69. The van der Waals surface area contributed by atoms with E-state index in [0.717, 1.165) is 0 Å². The number of carbonyl (C=O) groups is 3. The number of nitrogens with zero attached hydrogens (tertiary/aromatic N) is 6. The minimum absolute atomic E-state index is 0.162. The number of hydrogen-bond donors (Lipinski definition) is 4. The van der Waals surface area contributed by atoms with E-state index < -0.39 is 36.9 Å². The Hall–Kier alpha value is -3.56. The van der Waals surface area contributed by atoms with Gasteiger partial charge in [-0.3, -0.25) is 14.2 Å². The van der Waals surface area contributed by atoms with Crippen LogP contribution in [0.1, 0.15) is 32.0 Å². The lowest BCUT2D eigenvalue weighted by molar-refractivity contribution is -0.147. The second kappa shape index (κ2) is 12.5. The first-order valence-electron chi connectivity index (χ1n) is 13.1. The Balaban J connectivity index is 1.36. The first-order chi connectivity index (χ1) is 18.7. The van der Waals surface area contributed by atoms with Gasteiger partial charge >= 0.3 is 6.09 Å². The van der Waals surface area contributed by atoms with Crippen molar-refractivity contribution in [3.05, 3.63) is 12.2 Å². The molecule has 2 aliphatic heterocycles. The molecule has 39 heavy (non-hydrogen) atoms. The standard InChI is InChI=1S/C24H36N8O7/c1-3-26-22(35)19(15(34)11-33)38-13-32-12-27-18-20(25)28-17(29-21(18)32)10-14-4-8-31(9-5-14)24(37)39-16-6-7-30(2)23(16)36/h12,14-16,19,33-34H,3-11,13H2,1-2H3,(H,26,35)(H2,25,28,29)/t15?,16?,19-/m0/s1. The minimum Gasteiger partial charge on any atom is -0.436 e. The number of aliphatic hydroxyl groups is 2. The summed E-state index contributed by atoms with van der Waals surface area (Å²) < 4.78 is 12.6. The molecule has 3 atom stereocenters. The van der Waals surface area contributed by atoms with Crippen LogP contribution >= 0.6 is 0 Å². The van der Waals surface area contributed by atoms with Crippen LogP contribution in [-0.2, 0) is 32.2 Å². The molecule has 2 aliphatic rings. The van der Waals surface area contributed by atoms with Gasteiger partial charge in [-0.1, -0.05) is 0 Å². The topological polar surface area (TPSA) is 198 Å². The lowest BCUT2D eigenvalue weighted by atomic mass is 9.93. The van der Waals surface area contributed by atoms with Crippen molar-refractivity contribution in [1.29, 1.82) is 0 Å². The Morgan fingerprint density at radius 3 is 2.62 bits per heavy atom. The molecule has 4 rings (SSSR count). The van der Waals surface area contributed by atoms with Crippen molar-refractivity contribution < 1.29 is 34.1 Å². The van der Waals surface area contributed by atoms with Gasteiger partial charge in [0.2, 0.25) is 0 Å². The molecule has 15 nitrogen and oxygen atoms in total. The van der Waals surface area contributed by atoms with Crippen LogP contribution in [0.15, 0.2) is 6.33 Å². The second-order valence-corrected chi connectivity index (χ2v) is 9.83. The quantitative estimate of drug-likeness (QED) is 0.280. The zero-order valence-corrected chi connectivity index (χ0v) is 22.2. The van der Waals surface area contributed by atoms with Crippen LogP contribution in [0.25, 0.3) is 11.2 Å². The largest absolute Gasteiger partial charge is 0.436 e.